The Morgan fingerprint density at radius 1 is 1.78 bits per heavy atom. The molecule has 2 nitrogen and oxygen atoms in total. The van der Waals surface area contributed by atoms with Crippen molar-refractivity contribution in [1.82, 2.24) is 0 Å². The van der Waals surface area contributed by atoms with Crippen LogP contribution in [0.5, 0.6) is 0 Å². The van der Waals surface area contributed by atoms with Crippen molar-refractivity contribution < 1.29 is 9.53 Å². The fraction of sp³-hybridized carbons (Fsp3) is 0.833. The van der Waals surface area contributed by atoms with E-state index in [-0.39, 0.29) is 5.97 Å². The first-order valence-corrected chi connectivity index (χ1v) is 4.38. The minimum atomic E-state index is -0.188. The summed E-state index contributed by atoms with van der Waals surface area (Å²) in [5, 5.41) is 0. The van der Waals surface area contributed by atoms with E-state index in [9.17, 15) is 4.79 Å². The van der Waals surface area contributed by atoms with Crippen molar-refractivity contribution >= 4 is 28.6 Å². The Kier molecular flexibility index (Phi) is 5.13. The van der Waals surface area contributed by atoms with E-state index in [0.717, 1.165) is 4.43 Å². The van der Waals surface area contributed by atoms with Gasteiger partial charge in [0.05, 0.1) is 6.61 Å². The molecule has 0 bridgehead atoms. The third kappa shape index (κ3) is 6.08. The molecule has 0 rings (SSSR count). The average molecular weight is 242 g/mol. The minimum Gasteiger partial charge on any atom is -0.466 e. The molecule has 0 aliphatic heterocycles. The van der Waals surface area contributed by atoms with Gasteiger partial charge in [0, 0.05) is 11.4 Å². The fourth-order valence-corrected chi connectivity index (χ4v) is 0.558. The molecule has 0 saturated heterocycles. The Bertz CT molecular complexity index is 93.1. The van der Waals surface area contributed by atoms with Crippen molar-refractivity contribution in [2.75, 3.05) is 11.0 Å². The summed E-state index contributed by atoms with van der Waals surface area (Å²) < 4.78 is 5.78. The molecular weight excluding hydrogens is 231 g/mol. The van der Waals surface area contributed by atoms with Gasteiger partial charge in [-0.25, -0.2) is 0 Å². The number of carbonyl (C=O) groups is 1. The highest BCUT2D eigenvalue weighted by atomic mass is 127. The average Bonchev–Trinajstić information content (AvgIpc) is 1.83. The molecule has 0 N–H and O–H groups in total. The van der Waals surface area contributed by atoms with Crippen molar-refractivity contribution in [3.8, 4) is 0 Å². The molecule has 0 fully saturated rings. The summed E-state index contributed by atoms with van der Waals surface area (Å²) >= 11 is 2.27. The first kappa shape index (κ1) is 9.20. The maximum Gasteiger partial charge on any atom is 0.302 e. The summed E-state index contributed by atoms with van der Waals surface area (Å²) in [6, 6.07) is 0. The van der Waals surface area contributed by atoms with Crippen molar-refractivity contribution in [1.29, 1.82) is 0 Å². The second-order valence-electron chi connectivity index (χ2n) is 2.06. The van der Waals surface area contributed by atoms with Gasteiger partial charge in [-0.3, -0.25) is 4.79 Å². The lowest BCUT2D eigenvalue weighted by atomic mass is 10.2. The normalized spacial score (nSPS) is 12.8. The van der Waals surface area contributed by atoms with Crippen LogP contribution in [0.25, 0.3) is 0 Å². The van der Waals surface area contributed by atoms with Gasteiger partial charge in [0.1, 0.15) is 0 Å². The van der Waals surface area contributed by atoms with Crippen LogP contribution in [0.2, 0.25) is 0 Å². The highest BCUT2D eigenvalue weighted by molar-refractivity contribution is 14.1. The Balaban J connectivity index is 3.16. The third-order valence-corrected chi connectivity index (χ3v) is 2.34. The predicted molar refractivity (Wildman–Crippen MR) is 44.7 cm³/mol. The quantitative estimate of drug-likeness (QED) is 0.427. The Labute approximate surface area is 69.1 Å². The molecule has 0 aliphatic carbocycles. The Morgan fingerprint density at radius 2 is 2.33 bits per heavy atom. The van der Waals surface area contributed by atoms with Crippen LogP contribution in [0, 0.1) is 5.92 Å². The van der Waals surface area contributed by atoms with Gasteiger partial charge in [0.25, 0.3) is 0 Å². The second-order valence-corrected chi connectivity index (χ2v) is 2.94. The number of alkyl halides is 1. The van der Waals surface area contributed by atoms with Crippen LogP contribution in [0.1, 0.15) is 13.8 Å². The van der Waals surface area contributed by atoms with Crippen LogP contribution >= 0.6 is 22.6 Å². The van der Waals surface area contributed by atoms with E-state index in [2.05, 4.69) is 29.5 Å². The molecule has 0 aromatic heterocycles. The number of ether oxygens (including phenoxy) is 1. The molecule has 0 aromatic carbocycles. The maximum absolute atomic E-state index is 10.2. The van der Waals surface area contributed by atoms with Crippen LogP contribution < -0.4 is 0 Å². The van der Waals surface area contributed by atoms with Gasteiger partial charge in [-0.1, -0.05) is 29.5 Å². The predicted octanol–water partition coefficient (Wildman–Crippen LogP) is 1.62. The van der Waals surface area contributed by atoms with Crippen LogP contribution in [0.15, 0.2) is 0 Å². The van der Waals surface area contributed by atoms with Crippen molar-refractivity contribution in [3.63, 3.8) is 0 Å². The molecule has 1 atom stereocenters. The van der Waals surface area contributed by atoms with E-state index in [1.165, 1.54) is 6.92 Å². The first-order chi connectivity index (χ1) is 4.16. The largest absolute Gasteiger partial charge is 0.466 e. The summed E-state index contributed by atoms with van der Waals surface area (Å²) in [7, 11) is 0. The highest BCUT2D eigenvalue weighted by Crippen LogP contribution is 2.00. The van der Waals surface area contributed by atoms with Crippen LogP contribution in [-0.2, 0) is 9.53 Å². The lowest BCUT2D eigenvalue weighted by molar-refractivity contribution is -0.141. The Morgan fingerprint density at radius 3 is 2.67 bits per heavy atom. The summed E-state index contributed by atoms with van der Waals surface area (Å²) in [6.45, 7) is 4.04. The Hall–Kier alpha value is 0.200. The number of halogens is 1. The molecule has 1 unspecified atom stereocenters. The van der Waals surface area contributed by atoms with Gasteiger partial charge < -0.3 is 4.74 Å². The smallest absolute Gasteiger partial charge is 0.302 e. The maximum atomic E-state index is 10.2. The molecule has 0 saturated carbocycles. The molecule has 3 heteroatoms. The standard InChI is InChI=1S/C6H11IO2/c1-5(3-7)4-9-6(2)8/h5H,3-4H2,1-2H3. The van der Waals surface area contributed by atoms with E-state index in [1.54, 1.807) is 0 Å². The van der Waals surface area contributed by atoms with E-state index >= 15 is 0 Å². The number of carbonyl (C=O) groups excluding carboxylic acids is 1. The molecular formula is C6H11IO2. The molecule has 0 radical (unpaired) electrons. The number of hydrogen-bond donors (Lipinski definition) is 0. The summed E-state index contributed by atoms with van der Waals surface area (Å²) in [4.78, 5) is 10.2. The van der Waals surface area contributed by atoms with Crippen molar-refractivity contribution in [2.24, 2.45) is 5.92 Å². The van der Waals surface area contributed by atoms with Gasteiger partial charge >= 0.3 is 5.97 Å². The molecule has 0 spiro atoms. The summed E-state index contributed by atoms with van der Waals surface area (Å²) in [5.74, 6) is 0.293. The van der Waals surface area contributed by atoms with Crippen LogP contribution in [0.3, 0.4) is 0 Å². The number of hydrogen-bond acceptors (Lipinski definition) is 2. The van der Waals surface area contributed by atoms with Crippen LogP contribution in [-0.4, -0.2) is 17.0 Å². The van der Waals surface area contributed by atoms with E-state index < -0.39 is 0 Å². The van der Waals surface area contributed by atoms with Gasteiger partial charge in [-0.2, -0.15) is 0 Å². The van der Waals surface area contributed by atoms with Gasteiger partial charge in [-0.15, -0.1) is 0 Å². The number of rotatable bonds is 3. The van der Waals surface area contributed by atoms with Gasteiger partial charge in [0.2, 0.25) is 0 Å². The van der Waals surface area contributed by atoms with E-state index in [0.29, 0.717) is 12.5 Å². The topological polar surface area (TPSA) is 26.3 Å². The van der Waals surface area contributed by atoms with Gasteiger partial charge in [-0.05, 0) is 5.92 Å². The zero-order valence-electron chi connectivity index (χ0n) is 5.69. The third-order valence-electron chi connectivity index (χ3n) is 0.835. The highest BCUT2D eigenvalue weighted by Gasteiger charge is 2.00. The molecule has 0 aromatic rings. The fourth-order valence-electron chi connectivity index (χ4n) is 0.304. The molecule has 0 aliphatic rings. The molecule has 54 valence electrons. The second kappa shape index (κ2) is 5.02. The molecule has 9 heavy (non-hydrogen) atoms. The first-order valence-electron chi connectivity index (χ1n) is 2.86. The minimum absolute atomic E-state index is 0.188. The zero-order valence-corrected chi connectivity index (χ0v) is 7.84. The molecule has 0 amide bonds. The van der Waals surface area contributed by atoms with E-state index in [1.807, 2.05) is 0 Å². The van der Waals surface area contributed by atoms with Crippen molar-refractivity contribution in [3.05, 3.63) is 0 Å². The van der Waals surface area contributed by atoms with Crippen molar-refractivity contribution in [2.45, 2.75) is 13.8 Å². The monoisotopic (exact) mass is 242 g/mol. The number of esters is 1. The van der Waals surface area contributed by atoms with Gasteiger partial charge in [0.15, 0.2) is 0 Å². The lowest BCUT2D eigenvalue weighted by Crippen LogP contribution is -2.09. The summed E-state index contributed by atoms with van der Waals surface area (Å²) in [5.41, 5.74) is 0. The van der Waals surface area contributed by atoms with Crippen LogP contribution in [0.4, 0.5) is 0 Å². The summed E-state index contributed by atoms with van der Waals surface area (Å²) in [6.07, 6.45) is 0. The SMILES string of the molecule is CC(=O)OCC(C)CI. The van der Waals surface area contributed by atoms with E-state index in [4.69, 9.17) is 4.74 Å². The zero-order chi connectivity index (χ0) is 7.28. The lowest BCUT2D eigenvalue weighted by Gasteiger charge is -2.05. The molecule has 0 heterocycles.